The van der Waals surface area contributed by atoms with Crippen molar-refractivity contribution in [2.24, 2.45) is 0 Å². The Balaban J connectivity index is 0.000000686. The van der Waals surface area contributed by atoms with Gasteiger partial charge >= 0.3 is 0 Å². The number of nitriles is 1. The Morgan fingerprint density at radius 3 is 2.53 bits per heavy atom. The van der Waals surface area contributed by atoms with Crippen LogP contribution in [-0.4, -0.2) is 13.0 Å². The normalized spacial score (nSPS) is 10.5. The Morgan fingerprint density at radius 1 is 1.35 bits per heavy atom. The zero-order chi connectivity index (χ0) is 13.1. The van der Waals surface area contributed by atoms with Crippen LogP contribution < -0.4 is 0 Å². The van der Waals surface area contributed by atoms with E-state index in [2.05, 4.69) is 0 Å². The average Bonchev–Trinajstić information content (AvgIpc) is 2.77. The summed E-state index contributed by atoms with van der Waals surface area (Å²) in [6.45, 7) is 4.00. The molecule has 2 aromatic rings. The zero-order valence-electron chi connectivity index (χ0n) is 9.34. The highest BCUT2D eigenvalue weighted by Gasteiger charge is 2.14. The van der Waals surface area contributed by atoms with Crippen LogP contribution in [0.15, 0.2) is 33.8 Å². The number of hydrogen-bond acceptors (Lipinski definition) is 4. The van der Waals surface area contributed by atoms with Crippen molar-refractivity contribution in [1.82, 2.24) is 0 Å². The third-order valence-electron chi connectivity index (χ3n) is 1.94. The summed E-state index contributed by atoms with van der Waals surface area (Å²) in [5.41, 5.74) is 0.384. The van der Waals surface area contributed by atoms with E-state index in [1.165, 1.54) is 18.4 Å². The van der Waals surface area contributed by atoms with E-state index >= 15 is 0 Å². The molecular formula is C11H11NO4S. The highest BCUT2D eigenvalue weighted by atomic mass is 32.2. The summed E-state index contributed by atoms with van der Waals surface area (Å²) >= 11 is 0. The summed E-state index contributed by atoms with van der Waals surface area (Å²) in [4.78, 5) is -0.312. The summed E-state index contributed by atoms with van der Waals surface area (Å²) < 4.78 is 35.6. The molecule has 6 heteroatoms. The molecule has 0 atom stereocenters. The molecule has 0 aliphatic carbocycles. The first kappa shape index (κ1) is 13.2. The molecule has 0 spiro atoms. The van der Waals surface area contributed by atoms with Gasteiger partial charge in [0.1, 0.15) is 6.07 Å². The van der Waals surface area contributed by atoms with E-state index in [9.17, 15) is 8.42 Å². The van der Waals surface area contributed by atoms with Gasteiger partial charge in [-0.1, -0.05) is 13.8 Å². The Morgan fingerprint density at radius 2 is 2.00 bits per heavy atom. The van der Waals surface area contributed by atoms with E-state index in [1.807, 2.05) is 13.8 Å². The molecule has 0 aliphatic heterocycles. The van der Waals surface area contributed by atoms with Gasteiger partial charge < -0.3 is 4.42 Å². The SMILES string of the molecule is CC.N#Cc1cc(S(=O)(=O)O)cc2ccoc12. The van der Waals surface area contributed by atoms with E-state index in [0.29, 0.717) is 11.0 Å². The van der Waals surface area contributed by atoms with Gasteiger partial charge in [-0.2, -0.15) is 13.7 Å². The van der Waals surface area contributed by atoms with Gasteiger partial charge in [-0.15, -0.1) is 0 Å². The fourth-order valence-electron chi connectivity index (χ4n) is 1.29. The molecule has 1 aromatic carbocycles. The lowest BCUT2D eigenvalue weighted by atomic mass is 10.2. The average molecular weight is 253 g/mol. The largest absolute Gasteiger partial charge is 0.463 e. The van der Waals surface area contributed by atoms with Crippen LogP contribution in [-0.2, 0) is 10.1 Å². The molecular weight excluding hydrogens is 242 g/mol. The second kappa shape index (κ2) is 4.99. The number of furan rings is 1. The van der Waals surface area contributed by atoms with Crippen molar-refractivity contribution in [2.45, 2.75) is 18.7 Å². The van der Waals surface area contributed by atoms with Crippen molar-refractivity contribution in [3.63, 3.8) is 0 Å². The van der Waals surface area contributed by atoms with Crippen molar-refractivity contribution >= 4 is 21.1 Å². The van der Waals surface area contributed by atoms with Gasteiger partial charge in [0.15, 0.2) is 5.58 Å². The number of fused-ring (bicyclic) bond motifs is 1. The Bertz CT molecular complexity index is 664. The molecule has 1 aromatic heterocycles. The van der Waals surface area contributed by atoms with E-state index in [4.69, 9.17) is 14.2 Å². The minimum Gasteiger partial charge on any atom is -0.463 e. The van der Waals surface area contributed by atoms with Gasteiger partial charge in [-0.3, -0.25) is 4.55 Å². The van der Waals surface area contributed by atoms with Crippen molar-refractivity contribution in [2.75, 3.05) is 0 Å². The van der Waals surface area contributed by atoms with Gasteiger partial charge in [0, 0.05) is 5.39 Å². The fourth-order valence-corrected chi connectivity index (χ4v) is 1.83. The van der Waals surface area contributed by atoms with Crippen LogP contribution in [0.25, 0.3) is 11.0 Å². The minimum atomic E-state index is -4.30. The molecule has 0 amide bonds. The van der Waals surface area contributed by atoms with Crippen molar-refractivity contribution in [3.8, 4) is 6.07 Å². The molecule has 90 valence electrons. The molecule has 5 nitrogen and oxygen atoms in total. The molecule has 0 radical (unpaired) electrons. The third kappa shape index (κ3) is 2.64. The van der Waals surface area contributed by atoms with Crippen LogP contribution in [0.2, 0.25) is 0 Å². The zero-order valence-corrected chi connectivity index (χ0v) is 10.2. The smallest absolute Gasteiger partial charge is 0.294 e. The molecule has 1 heterocycles. The summed E-state index contributed by atoms with van der Waals surface area (Å²) in [6.07, 6.45) is 1.35. The molecule has 1 N–H and O–H groups in total. The Hall–Kier alpha value is -1.84. The summed E-state index contributed by atoms with van der Waals surface area (Å²) in [5, 5.41) is 9.22. The van der Waals surface area contributed by atoms with E-state index in [0.717, 1.165) is 6.07 Å². The van der Waals surface area contributed by atoms with Gasteiger partial charge in [-0.05, 0) is 18.2 Å². The number of hydrogen-bond donors (Lipinski definition) is 1. The second-order valence-corrected chi connectivity index (χ2v) is 4.32. The van der Waals surface area contributed by atoms with Crippen molar-refractivity contribution < 1.29 is 17.4 Å². The third-order valence-corrected chi connectivity index (χ3v) is 2.77. The summed E-state index contributed by atoms with van der Waals surface area (Å²) in [5.74, 6) is 0. The first-order chi connectivity index (χ1) is 8.02. The number of rotatable bonds is 1. The monoisotopic (exact) mass is 253 g/mol. The van der Waals surface area contributed by atoms with Gasteiger partial charge in [0.05, 0.1) is 16.7 Å². The lowest BCUT2D eigenvalue weighted by Gasteiger charge is -1.98. The minimum absolute atomic E-state index is 0.0742. The molecule has 17 heavy (non-hydrogen) atoms. The van der Waals surface area contributed by atoms with Gasteiger partial charge in [0.2, 0.25) is 0 Å². The standard InChI is InChI=1S/C9H5NO4S.C2H6/c10-5-7-4-8(15(11,12)13)3-6-1-2-14-9(6)7;1-2/h1-4H,(H,11,12,13);1-2H3. The number of benzene rings is 1. The molecule has 0 unspecified atom stereocenters. The maximum absolute atomic E-state index is 10.9. The van der Waals surface area contributed by atoms with E-state index in [-0.39, 0.29) is 10.5 Å². The van der Waals surface area contributed by atoms with Crippen LogP contribution in [0.3, 0.4) is 0 Å². The quantitative estimate of drug-likeness (QED) is 0.788. The lowest BCUT2D eigenvalue weighted by Crippen LogP contribution is -1.98. The summed E-state index contributed by atoms with van der Waals surface area (Å²) in [6, 6.07) is 5.63. The second-order valence-electron chi connectivity index (χ2n) is 2.90. The maximum atomic E-state index is 10.9. The molecule has 0 bridgehead atoms. The van der Waals surface area contributed by atoms with Crippen LogP contribution >= 0.6 is 0 Å². The van der Waals surface area contributed by atoms with Crippen LogP contribution in [0, 0.1) is 11.3 Å². The predicted molar refractivity (Wildman–Crippen MR) is 62.1 cm³/mol. The highest BCUT2D eigenvalue weighted by Crippen LogP contribution is 2.23. The van der Waals surface area contributed by atoms with Crippen molar-refractivity contribution in [3.05, 3.63) is 30.0 Å². The Kier molecular flexibility index (Phi) is 3.89. The summed E-state index contributed by atoms with van der Waals surface area (Å²) in [7, 11) is -4.30. The molecule has 0 fully saturated rings. The highest BCUT2D eigenvalue weighted by molar-refractivity contribution is 7.85. The maximum Gasteiger partial charge on any atom is 0.294 e. The number of nitrogens with zero attached hydrogens (tertiary/aromatic N) is 1. The molecule has 0 saturated carbocycles. The first-order valence-electron chi connectivity index (χ1n) is 4.91. The van der Waals surface area contributed by atoms with Crippen LogP contribution in [0.4, 0.5) is 0 Å². The van der Waals surface area contributed by atoms with Gasteiger partial charge in [-0.25, -0.2) is 0 Å². The Labute approximate surface area is 99.0 Å². The van der Waals surface area contributed by atoms with Gasteiger partial charge in [0.25, 0.3) is 10.1 Å². The molecule has 0 aliphatic rings. The lowest BCUT2D eigenvalue weighted by molar-refractivity contribution is 0.483. The molecule has 0 saturated heterocycles. The van der Waals surface area contributed by atoms with E-state index in [1.54, 1.807) is 6.07 Å². The molecule has 2 rings (SSSR count). The van der Waals surface area contributed by atoms with E-state index < -0.39 is 10.1 Å². The van der Waals surface area contributed by atoms with Crippen LogP contribution in [0.5, 0.6) is 0 Å². The predicted octanol–water partition coefficient (Wildman–Crippen LogP) is 2.58. The van der Waals surface area contributed by atoms with Crippen LogP contribution in [0.1, 0.15) is 19.4 Å². The fraction of sp³-hybridized carbons (Fsp3) is 0.182. The first-order valence-corrected chi connectivity index (χ1v) is 6.35. The van der Waals surface area contributed by atoms with Crippen molar-refractivity contribution in [1.29, 1.82) is 5.26 Å². The topological polar surface area (TPSA) is 91.3 Å².